The summed E-state index contributed by atoms with van der Waals surface area (Å²) in [5, 5.41) is 0. The lowest BCUT2D eigenvalue weighted by Gasteiger charge is -2.07. The van der Waals surface area contributed by atoms with Gasteiger partial charge >= 0.3 is 0 Å². The number of pyridine rings is 1. The van der Waals surface area contributed by atoms with Crippen molar-refractivity contribution in [1.82, 2.24) is 4.98 Å². The van der Waals surface area contributed by atoms with Crippen molar-refractivity contribution in [1.29, 1.82) is 0 Å². The van der Waals surface area contributed by atoms with Crippen LogP contribution in [0.3, 0.4) is 0 Å². The molecule has 6 heteroatoms. The first kappa shape index (κ1) is 11.1. The summed E-state index contributed by atoms with van der Waals surface area (Å²) in [6.45, 7) is 0. The van der Waals surface area contributed by atoms with Crippen LogP contribution in [0.2, 0.25) is 0 Å². The van der Waals surface area contributed by atoms with Gasteiger partial charge < -0.3 is 4.74 Å². The van der Waals surface area contributed by atoms with Crippen LogP contribution in [0, 0.1) is 5.95 Å². The highest BCUT2D eigenvalue weighted by Gasteiger charge is 2.18. The molecule has 0 aromatic carbocycles. The van der Waals surface area contributed by atoms with Gasteiger partial charge in [-0.25, -0.2) is 8.78 Å². The normalized spacial score (nSPS) is 10.7. The van der Waals surface area contributed by atoms with E-state index in [4.69, 9.17) is 11.6 Å². The molecular weight excluding hydrogens is 219 g/mol. The number of aromatic nitrogens is 1. The molecule has 1 heterocycles. The fourth-order valence-electron chi connectivity index (χ4n) is 0.960. The lowest BCUT2D eigenvalue weighted by molar-refractivity contribution is 0.144. The molecule has 0 N–H and O–H groups in total. The summed E-state index contributed by atoms with van der Waals surface area (Å²) in [5.74, 6) is -1.36. The average Bonchev–Trinajstić information content (AvgIpc) is 2.16. The van der Waals surface area contributed by atoms with Crippen LogP contribution in [0.15, 0.2) is 6.07 Å². The van der Waals surface area contributed by atoms with Crippen LogP contribution in [0.4, 0.5) is 13.2 Å². The molecule has 2 nitrogen and oxygen atoms in total. The molecule has 0 bridgehead atoms. The van der Waals surface area contributed by atoms with E-state index in [1.54, 1.807) is 0 Å². The highest BCUT2D eigenvalue weighted by Crippen LogP contribution is 2.27. The molecule has 0 spiro atoms. The molecule has 0 radical (unpaired) electrons. The van der Waals surface area contributed by atoms with Gasteiger partial charge in [-0.15, -0.1) is 11.6 Å². The number of halogens is 4. The standard InChI is InChI=1S/C8H7ClF3NO/c1-14-8-4(3-9)2-5(6(10)11)7(12)13-8/h2,6H,3H2,1H3. The Bertz CT molecular complexity index is 333. The molecule has 1 rings (SSSR count). The van der Waals surface area contributed by atoms with Crippen LogP contribution in [0.25, 0.3) is 0 Å². The number of methoxy groups -OCH3 is 1. The summed E-state index contributed by atoms with van der Waals surface area (Å²) >= 11 is 5.45. The Morgan fingerprint density at radius 2 is 2.21 bits per heavy atom. The molecule has 78 valence electrons. The van der Waals surface area contributed by atoms with E-state index in [1.165, 1.54) is 7.11 Å². The molecule has 0 fully saturated rings. The largest absolute Gasteiger partial charge is 0.481 e. The van der Waals surface area contributed by atoms with Crippen molar-refractivity contribution in [3.8, 4) is 5.88 Å². The van der Waals surface area contributed by atoms with Crippen molar-refractivity contribution in [2.75, 3.05) is 7.11 Å². The SMILES string of the molecule is COc1nc(F)c(C(F)F)cc1CCl. The predicted octanol–water partition coefficient (Wildman–Crippen LogP) is 2.91. The van der Waals surface area contributed by atoms with Crippen molar-refractivity contribution in [2.45, 2.75) is 12.3 Å². The third-order valence-electron chi connectivity index (χ3n) is 1.61. The molecule has 0 atom stereocenters. The van der Waals surface area contributed by atoms with Gasteiger partial charge in [-0.05, 0) is 6.07 Å². The third kappa shape index (κ3) is 2.09. The zero-order chi connectivity index (χ0) is 10.7. The fourth-order valence-corrected chi connectivity index (χ4v) is 1.15. The van der Waals surface area contributed by atoms with Crippen molar-refractivity contribution in [2.24, 2.45) is 0 Å². The summed E-state index contributed by atoms with van der Waals surface area (Å²) < 4.78 is 42.0. The maximum atomic E-state index is 12.9. The van der Waals surface area contributed by atoms with Gasteiger partial charge in [-0.3, -0.25) is 0 Å². The highest BCUT2D eigenvalue weighted by molar-refractivity contribution is 6.17. The Balaban J connectivity index is 3.23. The van der Waals surface area contributed by atoms with E-state index in [0.717, 1.165) is 6.07 Å². The minimum absolute atomic E-state index is 0.0594. The van der Waals surface area contributed by atoms with Gasteiger partial charge in [0.1, 0.15) is 0 Å². The van der Waals surface area contributed by atoms with Crippen LogP contribution in [0.1, 0.15) is 17.6 Å². The quantitative estimate of drug-likeness (QED) is 0.583. The van der Waals surface area contributed by atoms with Gasteiger partial charge in [-0.1, -0.05) is 0 Å². The first-order chi connectivity index (χ1) is 6.60. The van der Waals surface area contributed by atoms with E-state index in [9.17, 15) is 13.2 Å². The fraction of sp³-hybridized carbons (Fsp3) is 0.375. The van der Waals surface area contributed by atoms with Crippen LogP contribution >= 0.6 is 11.6 Å². The molecule has 1 aromatic rings. The van der Waals surface area contributed by atoms with E-state index in [0.29, 0.717) is 0 Å². The third-order valence-corrected chi connectivity index (χ3v) is 1.90. The van der Waals surface area contributed by atoms with E-state index in [-0.39, 0.29) is 17.3 Å². The number of hydrogen-bond donors (Lipinski definition) is 0. The Labute approximate surface area is 83.7 Å². The van der Waals surface area contributed by atoms with E-state index in [2.05, 4.69) is 9.72 Å². The highest BCUT2D eigenvalue weighted by atomic mass is 35.5. The minimum Gasteiger partial charge on any atom is -0.481 e. The number of alkyl halides is 3. The summed E-state index contributed by atoms with van der Waals surface area (Å²) in [4.78, 5) is 3.23. The monoisotopic (exact) mass is 225 g/mol. The molecule has 14 heavy (non-hydrogen) atoms. The van der Waals surface area contributed by atoms with Crippen molar-refractivity contribution >= 4 is 11.6 Å². The predicted molar refractivity (Wildman–Crippen MR) is 45.3 cm³/mol. The zero-order valence-electron chi connectivity index (χ0n) is 7.23. The topological polar surface area (TPSA) is 22.1 Å². The summed E-state index contributed by atoms with van der Waals surface area (Å²) in [6.07, 6.45) is -2.91. The molecule has 0 aliphatic carbocycles. The van der Waals surface area contributed by atoms with Gasteiger partial charge in [0.25, 0.3) is 6.43 Å². The van der Waals surface area contributed by atoms with Gasteiger partial charge in [0.2, 0.25) is 11.8 Å². The zero-order valence-corrected chi connectivity index (χ0v) is 7.99. The van der Waals surface area contributed by atoms with Crippen molar-refractivity contribution < 1.29 is 17.9 Å². The van der Waals surface area contributed by atoms with E-state index < -0.39 is 17.9 Å². The lowest BCUT2D eigenvalue weighted by atomic mass is 10.2. The Hall–Kier alpha value is -0.970. The van der Waals surface area contributed by atoms with Crippen molar-refractivity contribution in [3.05, 3.63) is 23.1 Å². The van der Waals surface area contributed by atoms with E-state index in [1.807, 2.05) is 0 Å². The second kappa shape index (κ2) is 4.50. The van der Waals surface area contributed by atoms with Gasteiger partial charge in [0.05, 0.1) is 18.6 Å². The van der Waals surface area contributed by atoms with Gasteiger partial charge in [0, 0.05) is 5.56 Å². The van der Waals surface area contributed by atoms with Crippen molar-refractivity contribution in [3.63, 3.8) is 0 Å². The average molecular weight is 226 g/mol. The molecule has 0 saturated carbocycles. The maximum absolute atomic E-state index is 12.9. The molecule has 0 aliphatic rings. The second-order valence-corrected chi connectivity index (χ2v) is 2.74. The molecule has 0 aliphatic heterocycles. The number of ether oxygens (including phenoxy) is 1. The summed E-state index contributed by atoms with van der Waals surface area (Å²) in [6, 6.07) is 0.957. The Morgan fingerprint density at radius 1 is 1.57 bits per heavy atom. The minimum atomic E-state index is -2.91. The van der Waals surface area contributed by atoms with Gasteiger partial charge in [-0.2, -0.15) is 9.37 Å². The number of nitrogens with zero attached hydrogens (tertiary/aromatic N) is 1. The number of rotatable bonds is 3. The second-order valence-electron chi connectivity index (χ2n) is 2.47. The van der Waals surface area contributed by atoms with E-state index >= 15 is 0 Å². The van der Waals surface area contributed by atoms with Crippen LogP contribution in [-0.4, -0.2) is 12.1 Å². The Kier molecular flexibility index (Phi) is 3.57. The summed E-state index contributed by atoms with van der Waals surface area (Å²) in [7, 11) is 1.26. The first-order valence-electron chi connectivity index (χ1n) is 3.67. The van der Waals surface area contributed by atoms with Gasteiger partial charge in [0.15, 0.2) is 0 Å². The number of hydrogen-bond acceptors (Lipinski definition) is 2. The molecule has 0 amide bonds. The molecule has 1 aromatic heterocycles. The first-order valence-corrected chi connectivity index (χ1v) is 4.21. The Morgan fingerprint density at radius 3 is 2.64 bits per heavy atom. The lowest BCUT2D eigenvalue weighted by Crippen LogP contribution is -2.01. The van der Waals surface area contributed by atoms with Crippen LogP contribution in [-0.2, 0) is 5.88 Å². The smallest absolute Gasteiger partial charge is 0.268 e. The molecule has 0 saturated heterocycles. The molecule has 0 unspecified atom stereocenters. The maximum Gasteiger partial charge on any atom is 0.268 e. The summed E-state index contributed by atoms with van der Waals surface area (Å²) in [5.41, 5.74) is -0.521. The molecular formula is C8H7ClF3NO. The van der Waals surface area contributed by atoms with Crippen LogP contribution < -0.4 is 4.74 Å². The van der Waals surface area contributed by atoms with Crippen LogP contribution in [0.5, 0.6) is 5.88 Å².